The predicted octanol–water partition coefficient (Wildman–Crippen LogP) is 6.22. The molecule has 2 unspecified atom stereocenters. The summed E-state index contributed by atoms with van der Waals surface area (Å²) in [7, 11) is 0. The van der Waals surface area contributed by atoms with Crippen molar-refractivity contribution >= 4 is 11.8 Å². The van der Waals surface area contributed by atoms with Crippen LogP contribution in [0.5, 0.6) is 5.75 Å². The highest BCUT2D eigenvalue weighted by Gasteiger charge is 2.27. The van der Waals surface area contributed by atoms with Crippen LogP contribution in [0.2, 0.25) is 0 Å². The molecule has 0 aliphatic rings. The summed E-state index contributed by atoms with van der Waals surface area (Å²) >= 11 is 0. The quantitative estimate of drug-likeness (QED) is 0.402. The molecule has 0 aliphatic heterocycles. The van der Waals surface area contributed by atoms with E-state index in [4.69, 9.17) is 14.2 Å². The van der Waals surface area contributed by atoms with E-state index in [1.165, 1.54) is 5.56 Å². The van der Waals surface area contributed by atoms with Crippen molar-refractivity contribution in [3.63, 3.8) is 0 Å². The first-order valence-electron chi connectivity index (χ1n) is 10.2. The van der Waals surface area contributed by atoms with Gasteiger partial charge in [0.1, 0.15) is 12.4 Å². The third-order valence-electron chi connectivity index (χ3n) is 4.62. The molecule has 2 atom stereocenters. The molecule has 0 aromatic heterocycles. The summed E-state index contributed by atoms with van der Waals surface area (Å²) in [5.41, 5.74) is 1.75. The van der Waals surface area contributed by atoms with E-state index in [0.717, 1.165) is 12.2 Å². The lowest BCUT2D eigenvalue weighted by atomic mass is 9.95. The van der Waals surface area contributed by atoms with Gasteiger partial charge in [0, 0.05) is 11.1 Å². The Morgan fingerprint density at radius 3 is 2.24 bits per heavy atom. The van der Waals surface area contributed by atoms with E-state index in [0.29, 0.717) is 11.6 Å². The number of anilines is 1. The van der Waals surface area contributed by atoms with E-state index >= 15 is 0 Å². The maximum Gasteiger partial charge on any atom is 0.411 e. The van der Waals surface area contributed by atoms with Gasteiger partial charge in [0.2, 0.25) is 6.29 Å². The first-order valence-corrected chi connectivity index (χ1v) is 10.2. The summed E-state index contributed by atoms with van der Waals surface area (Å²) < 4.78 is 17.1. The second-order valence-electron chi connectivity index (χ2n) is 8.19. The average Bonchev–Trinajstić information content (AvgIpc) is 2.70. The first kappa shape index (κ1) is 22.8. The highest BCUT2D eigenvalue weighted by atomic mass is 16.7. The van der Waals surface area contributed by atoms with Crippen LogP contribution in [0.1, 0.15) is 52.5 Å². The molecule has 2 aromatic carbocycles. The third-order valence-corrected chi connectivity index (χ3v) is 4.62. The summed E-state index contributed by atoms with van der Waals surface area (Å²) in [4.78, 5) is 11.8. The zero-order valence-corrected chi connectivity index (χ0v) is 18.1. The van der Waals surface area contributed by atoms with Gasteiger partial charge >= 0.3 is 6.09 Å². The maximum atomic E-state index is 11.8. The Balaban J connectivity index is 1.82. The van der Waals surface area contributed by atoms with Crippen LogP contribution >= 0.6 is 0 Å². The zero-order valence-electron chi connectivity index (χ0n) is 18.1. The summed E-state index contributed by atoms with van der Waals surface area (Å²) in [6.45, 7) is 10.9. The molecule has 0 aliphatic carbocycles. The summed E-state index contributed by atoms with van der Waals surface area (Å²) in [6, 6.07) is 17.3. The van der Waals surface area contributed by atoms with Crippen LogP contribution in [-0.2, 0) is 9.47 Å². The van der Waals surface area contributed by atoms with E-state index in [1.807, 2.05) is 51.1 Å². The number of carbonyl (C=O) groups is 1. The fourth-order valence-electron chi connectivity index (χ4n) is 2.66. The second kappa shape index (κ2) is 10.9. The standard InChI is InChI=1S/C24H33NO4/c1-6-18(2)19-12-14-21(15-13-19)29-22(24(3,4)5)27-16-17-28-23(26)25-20-10-8-7-9-11-20/h7-15,18,22H,6,16-17H2,1-5H3,(H,25,26). The number of hydrogen-bond donors (Lipinski definition) is 1. The Morgan fingerprint density at radius 2 is 1.66 bits per heavy atom. The largest absolute Gasteiger partial charge is 0.464 e. The molecule has 0 saturated carbocycles. The molecule has 2 rings (SSSR count). The molecule has 29 heavy (non-hydrogen) atoms. The summed E-state index contributed by atoms with van der Waals surface area (Å²) in [5, 5.41) is 2.67. The van der Waals surface area contributed by atoms with E-state index in [-0.39, 0.29) is 18.6 Å². The Bertz CT molecular complexity index is 738. The highest BCUT2D eigenvalue weighted by molar-refractivity contribution is 5.84. The van der Waals surface area contributed by atoms with Gasteiger partial charge in [-0.3, -0.25) is 5.32 Å². The molecule has 0 heterocycles. The molecule has 0 spiro atoms. The predicted molar refractivity (Wildman–Crippen MR) is 116 cm³/mol. The van der Waals surface area contributed by atoms with Crippen molar-refractivity contribution in [2.24, 2.45) is 5.41 Å². The van der Waals surface area contributed by atoms with Gasteiger partial charge in [-0.05, 0) is 42.2 Å². The Hall–Kier alpha value is -2.53. The maximum absolute atomic E-state index is 11.8. The van der Waals surface area contributed by atoms with Crippen molar-refractivity contribution in [1.29, 1.82) is 0 Å². The topological polar surface area (TPSA) is 56.8 Å². The number of carbonyl (C=O) groups excluding carboxylic acids is 1. The lowest BCUT2D eigenvalue weighted by molar-refractivity contribution is -0.146. The SMILES string of the molecule is CCC(C)c1ccc(OC(OCCOC(=O)Nc2ccccc2)C(C)(C)C)cc1. The van der Waals surface area contributed by atoms with Crippen LogP contribution < -0.4 is 10.1 Å². The van der Waals surface area contributed by atoms with Gasteiger partial charge in [-0.2, -0.15) is 0 Å². The van der Waals surface area contributed by atoms with Crippen molar-refractivity contribution < 1.29 is 19.0 Å². The molecule has 158 valence electrons. The Kier molecular flexibility index (Phi) is 8.52. The molecule has 0 radical (unpaired) electrons. The monoisotopic (exact) mass is 399 g/mol. The van der Waals surface area contributed by atoms with Crippen molar-refractivity contribution in [2.75, 3.05) is 18.5 Å². The Morgan fingerprint density at radius 1 is 1.00 bits per heavy atom. The van der Waals surface area contributed by atoms with Crippen LogP contribution in [0.25, 0.3) is 0 Å². The molecule has 5 heteroatoms. The molecular formula is C24H33NO4. The van der Waals surface area contributed by atoms with Crippen molar-refractivity contribution in [3.05, 3.63) is 60.2 Å². The molecule has 1 amide bonds. The molecule has 0 saturated heterocycles. The molecule has 1 N–H and O–H groups in total. The summed E-state index contributed by atoms with van der Waals surface area (Å²) in [5.74, 6) is 1.29. The fourth-order valence-corrected chi connectivity index (χ4v) is 2.66. The first-order chi connectivity index (χ1) is 13.8. The van der Waals surface area contributed by atoms with Gasteiger partial charge in [-0.1, -0.05) is 65.0 Å². The van der Waals surface area contributed by atoms with Gasteiger partial charge in [-0.25, -0.2) is 4.79 Å². The van der Waals surface area contributed by atoms with Crippen LogP contribution in [0, 0.1) is 5.41 Å². The Labute approximate surface area is 174 Å². The normalized spacial score (nSPS) is 13.4. The third kappa shape index (κ3) is 7.78. The van der Waals surface area contributed by atoms with E-state index in [9.17, 15) is 4.79 Å². The van der Waals surface area contributed by atoms with Crippen molar-refractivity contribution in [3.8, 4) is 5.75 Å². The molecular weight excluding hydrogens is 366 g/mol. The molecule has 5 nitrogen and oxygen atoms in total. The highest BCUT2D eigenvalue weighted by Crippen LogP contribution is 2.27. The van der Waals surface area contributed by atoms with Crippen molar-refractivity contribution in [1.82, 2.24) is 0 Å². The van der Waals surface area contributed by atoms with Gasteiger partial charge < -0.3 is 14.2 Å². The van der Waals surface area contributed by atoms with E-state index in [1.54, 1.807) is 12.1 Å². The molecule has 0 fully saturated rings. The minimum atomic E-state index is -0.506. The van der Waals surface area contributed by atoms with E-state index < -0.39 is 12.4 Å². The lowest BCUT2D eigenvalue weighted by Crippen LogP contribution is -2.36. The van der Waals surface area contributed by atoms with E-state index in [2.05, 4.69) is 31.3 Å². The van der Waals surface area contributed by atoms with Crippen LogP contribution in [0.15, 0.2) is 54.6 Å². The number of nitrogens with one attached hydrogen (secondary N) is 1. The summed E-state index contributed by atoms with van der Waals surface area (Å²) in [6.07, 6.45) is 0.137. The number of benzene rings is 2. The van der Waals surface area contributed by atoms with Crippen LogP contribution in [-0.4, -0.2) is 25.6 Å². The minimum Gasteiger partial charge on any atom is -0.464 e. The zero-order chi connectivity index (χ0) is 21.3. The van der Waals surface area contributed by atoms with Gasteiger partial charge in [-0.15, -0.1) is 0 Å². The molecule has 0 bridgehead atoms. The smallest absolute Gasteiger partial charge is 0.411 e. The fraction of sp³-hybridized carbons (Fsp3) is 0.458. The number of amides is 1. The number of rotatable bonds is 9. The van der Waals surface area contributed by atoms with Gasteiger partial charge in [0.15, 0.2) is 0 Å². The van der Waals surface area contributed by atoms with Gasteiger partial charge in [0.25, 0.3) is 0 Å². The number of ether oxygens (including phenoxy) is 3. The lowest BCUT2D eigenvalue weighted by Gasteiger charge is -2.31. The second-order valence-corrected chi connectivity index (χ2v) is 8.19. The minimum absolute atomic E-state index is 0.140. The number of hydrogen-bond acceptors (Lipinski definition) is 4. The molecule has 2 aromatic rings. The average molecular weight is 400 g/mol. The van der Waals surface area contributed by atoms with Crippen molar-refractivity contribution in [2.45, 2.75) is 53.2 Å². The number of para-hydroxylation sites is 1. The van der Waals surface area contributed by atoms with Crippen LogP contribution in [0.3, 0.4) is 0 Å². The van der Waals surface area contributed by atoms with Crippen LogP contribution in [0.4, 0.5) is 10.5 Å². The van der Waals surface area contributed by atoms with Gasteiger partial charge in [0.05, 0.1) is 6.61 Å².